The summed E-state index contributed by atoms with van der Waals surface area (Å²) in [6, 6.07) is 12.7. The fourth-order valence-electron chi connectivity index (χ4n) is 4.50. The van der Waals surface area contributed by atoms with Gasteiger partial charge < -0.3 is 20.3 Å². The number of carbonyl (C=O) groups is 2. The van der Waals surface area contributed by atoms with Gasteiger partial charge >= 0.3 is 6.09 Å². The molecule has 0 radical (unpaired) electrons. The van der Waals surface area contributed by atoms with Crippen LogP contribution in [0.4, 0.5) is 4.79 Å². The number of ketones is 1. The van der Waals surface area contributed by atoms with Crippen molar-refractivity contribution in [3.05, 3.63) is 64.7 Å². The van der Waals surface area contributed by atoms with Gasteiger partial charge in [-0.2, -0.15) is 0 Å². The number of amides is 1. The van der Waals surface area contributed by atoms with Gasteiger partial charge in [-0.3, -0.25) is 4.79 Å². The van der Waals surface area contributed by atoms with E-state index in [4.69, 9.17) is 9.84 Å². The third-order valence-electron chi connectivity index (χ3n) is 5.90. The van der Waals surface area contributed by atoms with E-state index in [9.17, 15) is 14.7 Å². The SMILES string of the molecule is CC(C)c1ccc2c(c1)OC1(O)c3ccccc3C(=O)C21CCCNC(=O)O. The topological polar surface area (TPSA) is 95.9 Å². The molecule has 0 fully saturated rings. The second-order valence-corrected chi connectivity index (χ2v) is 7.77. The summed E-state index contributed by atoms with van der Waals surface area (Å²) < 4.78 is 6.09. The number of carbonyl (C=O) groups excluding carboxylic acids is 1. The Balaban J connectivity index is 1.82. The number of hydrogen-bond acceptors (Lipinski definition) is 4. The summed E-state index contributed by atoms with van der Waals surface area (Å²) in [7, 11) is 0. The van der Waals surface area contributed by atoms with Crippen LogP contribution < -0.4 is 10.1 Å². The summed E-state index contributed by atoms with van der Waals surface area (Å²) in [5, 5.41) is 22.8. The van der Waals surface area contributed by atoms with Gasteiger partial charge in [0.15, 0.2) is 5.78 Å². The lowest BCUT2D eigenvalue weighted by Crippen LogP contribution is -2.49. The van der Waals surface area contributed by atoms with Crippen LogP contribution in [0, 0.1) is 0 Å². The van der Waals surface area contributed by atoms with Crippen molar-refractivity contribution in [2.45, 2.75) is 43.8 Å². The minimum Gasteiger partial charge on any atom is -0.465 e. The number of rotatable bonds is 5. The molecule has 6 heteroatoms. The highest BCUT2D eigenvalue weighted by Gasteiger charge is 2.69. The van der Waals surface area contributed by atoms with Crippen molar-refractivity contribution in [3.8, 4) is 5.75 Å². The van der Waals surface area contributed by atoms with Crippen LogP contribution in [0.15, 0.2) is 42.5 Å². The van der Waals surface area contributed by atoms with Crippen LogP contribution in [-0.4, -0.2) is 28.6 Å². The Kier molecular flexibility index (Phi) is 4.19. The van der Waals surface area contributed by atoms with Gasteiger partial charge in [-0.05, 0) is 30.4 Å². The number of nitrogens with one attached hydrogen (secondary N) is 1. The van der Waals surface area contributed by atoms with Gasteiger partial charge in [0.05, 0.1) is 0 Å². The highest BCUT2D eigenvalue weighted by Crippen LogP contribution is 2.61. The minimum atomic E-state index is -1.79. The van der Waals surface area contributed by atoms with E-state index in [1.165, 1.54) is 0 Å². The summed E-state index contributed by atoms with van der Waals surface area (Å²) in [4.78, 5) is 24.3. The second kappa shape index (κ2) is 6.34. The van der Waals surface area contributed by atoms with E-state index in [0.717, 1.165) is 5.56 Å². The number of aliphatic hydroxyl groups is 1. The maximum Gasteiger partial charge on any atom is 0.404 e. The average molecular weight is 381 g/mol. The highest BCUT2D eigenvalue weighted by atomic mass is 16.6. The van der Waals surface area contributed by atoms with Crippen molar-refractivity contribution >= 4 is 11.9 Å². The van der Waals surface area contributed by atoms with Crippen LogP contribution in [0.3, 0.4) is 0 Å². The molecular formula is C22H23NO5. The molecule has 2 aliphatic rings. The molecule has 2 aromatic carbocycles. The monoisotopic (exact) mass is 381 g/mol. The summed E-state index contributed by atoms with van der Waals surface area (Å²) in [6.07, 6.45) is -0.451. The molecule has 2 unspecified atom stereocenters. The quantitative estimate of drug-likeness (QED) is 0.689. The van der Waals surface area contributed by atoms with E-state index in [1.807, 2.05) is 18.2 Å². The number of hydrogen-bond donors (Lipinski definition) is 3. The van der Waals surface area contributed by atoms with Crippen molar-refractivity contribution in [2.75, 3.05) is 6.54 Å². The minimum absolute atomic E-state index is 0.183. The lowest BCUT2D eigenvalue weighted by atomic mass is 9.71. The average Bonchev–Trinajstić information content (AvgIpc) is 3.02. The smallest absolute Gasteiger partial charge is 0.404 e. The third-order valence-corrected chi connectivity index (χ3v) is 5.90. The molecule has 0 saturated carbocycles. The predicted octanol–water partition coefficient (Wildman–Crippen LogP) is 3.53. The number of Topliss-reactive ketones (excluding diaryl/α,β-unsaturated/α-hetero) is 1. The lowest BCUT2D eigenvalue weighted by Gasteiger charge is -2.34. The van der Waals surface area contributed by atoms with Gasteiger partial charge in [-0.15, -0.1) is 0 Å². The Labute approximate surface area is 163 Å². The van der Waals surface area contributed by atoms with E-state index in [-0.39, 0.29) is 24.7 Å². The zero-order chi connectivity index (χ0) is 20.1. The highest BCUT2D eigenvalue weighted by molar-refractivity contribution is 6.11. The van der Waals surface area contributed by atoms with E-state index < -0.39 is 17.3 Å². The molecule has 3 N–H and O–H groups in total. The van der Waals surface area contributed by atoms with Crippen LogP contribution in [0.1, 0.15) is 59.7 Å². The molecule has 146 valence electrons. The van der Waals surface area contributed by atoms with Gasteiger partial charge in [-0.25, -0.2) is 4.79 Å². The molecule has 1 aliphatic heterocycles. The summed E-state index contributed by atoms with van der Waals surface area (Å²) in [5.41, 5.74) is 1.37. The van der Waals surface area contributed by atoms with Crippen LogP contribution in [0.5, 0.6) is 5.75 Å². The zero-order valence-electron chi connectivity index (χ0n) is 15.9. The molecule has 4 rings (SSSR count). The lowest BCUT2D eigenvalue weighted by molar-refractivity contribution is -0.165. The molecule has 1 amide bonds. The molecule has 1 heterocycles. The number of carboxylic acid groups (broad SMARTS) is 1. The Morgan fingerprint density at radius 1 is 1.18 bits per heavy atom. The predicted molar refractivity (Wildman–Crippen MR) is 103 cm³/mol. The second-order valence-electron chi connectivity index (χ2n) is 7.77. The van der Waals surface area contributed by atoms with Crippen molar-refractivity contribution in [2.24, 2.45) is 0 Å². The molecule has 2 atom stereocenters. The van der Waals surface area contributed by atoms with Crippen molar-refractivity contribution in [1.29, 1.82) is 0 Å². The van der Waals surface area contributed by atoms with E-state index in [0.29, 0.717) is 28.9 Å². The molecule has 0 saturated heterocycles. The first-order valence-electron chi connectivity index (χ1n) is 9.48. The Hall–Kier alpha value is -2.86. The maximum absolute atomic E-state index is 13.5. The number of benzene rings is 2. The number of fused-ring (bicyclic) bond motifs is 5. The normalized spacial score (nSPS) is 24.5. The van der Waals surface area contributed by atoms with Gasteiger partial charge in [-0.1, -0.05) is 50.2 Å². The molecule has 6 nitrogen and oxygen atoms in total. The molecule has 0 aromatic heterocycles. The van der Waals surface area contributed by atoms with Gasteiger partial charge in [0.25, 0.3) is 5.79 Å². The first-order chi connectivity index (χ1) is 13.3. The van der Waals surface area contributed by atoms with Crippen molar-refractivity contribution < 1.29 is 24.5 Å². The molecule has 2 aromatic rings. The fourth-order valence-corrected chi connectivity index (χ4v) is 4.50. The van der Waals surface area contributed by atoms with Crippen LogP contribution in [0.25, 0.3) is 0 Å². The number of ether oxygens (including phenoxy) is 1. The molecule has 28 heavy (non-hydrogen) atoms. The molecular weight excluding hydrogens is 358 g/mol. The van der Waals surface area contributed by atoms with Crippen molar-refractivity contribution in [1.82, 2.24) is 5.32 Å². The first-order valence-corrected chi connectivity index (χ1v) is 9.48. The standard InChI is InChI=1S/C22H23NO5/c1-13(2)14-8-9-17-18(12-14)28-22(27)16-7-4-3-6-15(16)19(24)21(17,22)10-5-11-23-20(25)26/h3-4,6-9,12-13,23,27H,5,10-11H2,1-2H3,(H,25,26). The summed E-state index contributed by atoms with van der Waals surface area (Å²) in [6.45, 7) is 4.33. The van der Waals surface area contributed by atoms with Crippen LogP contribution in [-0.2, 0) is 11.2 Å². The zero-order valence-corrected chi connectivity index (χ0v) is 15.9. The Morgan fingerprint density at radius 3 is 2.64 bits per heavy atom. The van der Waals surface area contributed by atoms with Gasteiger partial charge in [0, 0.05) is 23.2 Å². The van der Waals surface area contributed by atoms with Crippen molar-refractivity contribution in [3.63, 3.8) is 0 Å². The first kappa shape index (κ1) is 18.5. The van der Waals surface area contributed by atoms with Gasteiger partial charge in [0.1, 0.15) is 11.2 Å². The molecule has 1 aliphatic carbocycles. The fraction of sp³-hybridized carbons (Fsp3) is 0.364. The van der Waals surface area contributed by atoms with Crippen LogP contribution >= 0.6 is 0 Å². The third kappa shape index (κ3) is 2.37. The van der Waals surface area contributed by atoms with Gasteiger partial charge in [0.2, 0.25) is 0 Å². The van der Waals surface area contributed by atoms with E-state index in [2.05, 4.69) is 19.2 Å². The largest absolute Gasteiger partial charge is 0.465 e. The van der Waals surface area contributed by atoms with E-state index >= 15 is 0 Å². The Morgan fingerprint density at radius 2 is 1.93 bits per heavy atom. The maximum atomic E-state index is 13.5. The van der Waals surface area contributed by atoms with Crippen LogP contribution in [0.2, 0.25) is 0 Å². The van der Waals surface area contributed by atoms with E-state index in [1.54, 1.807) is 24.3 Å². The summed E-state index contributed by atoms with van der Waals surface area (Å²) >= 11 is 0. The summed E-state index contributed by atoms with van der Waals surface area (Å²) in [5.74, 6) is -1.18. The molecule has 0 bridgehead atoms. The molecule has 0 spiro atoms. The Bertz CT molecular complexity index is 969.